The summed E-state index contributed by atoms with van der Waals surface area (Å²) in [7, 11) is 3.70. The minimum absolute atomic E-state index is 0.167. The van der Waals surface area contributed by atoms with E-state index in [1.165, 1.54) is 28.3 Å². The van der Waals surface area contributed by atoms with Crippen LogP contribution in [0.3, 0.4) is 0 Å². The Labute approximate surface area is 124 Å². The molecular formula is C16H20N2OS. The third-order valence-corrected chi connectivity index (χ3v) is 5.18. The normalized spacial score (nSPS) is 16.3. The van der Waals surface area contributed by atoms with Crippen LogP contribution in [0.2, 0.25) is 0 Å². The lowest BCUT2D eigenvalue weighted by molar-refractivity contribution is 0.181. The van der Waals surface area contributed by atoms with Crippen molar-refractivity contribution < 1.29 is 4.74 Å². The first-order valence-corrected chi connectivity index (χ1v) is 7.80. The number of methoxy groups -OCH3 is 1. The fourth-order valence-corrected chi connectivity index (χ4v) is 3.99. The molecule has 1 aliphatic rings. The monoisotopic (exact) mass is 288 g/mol. The smallest absolute Gasteiger partial charge is 0.104 e. The maximum atomic E-state index is 5.28. The van der Waals surface area contributed by atoms with Crippen molar-refractivity contribution in [3.05, 3.63) is 51.5 Å². The van der Waals surface area contributed by atoms with Crippen LogP contribution in [0, 0.1) is 0 Å². The summed E-state index contributed by atoms with van der Waals surface area (Å²) in [5.74, 6) is 0. The Morgan fingerprint density at radius 1 is 1.30 bits per heavy atom. The fraction of sp³-hybridized carbons (Fsp3) is 0.438. The van der Waals surface area contributed by atoms with Crippen molar-refractivity contribution in [3.63, 3.8) is 0 Å². The number of nitrogens with zero attached hydrogens (tertiary/aromatic N) is 1. The third kappa shape index (κ3) is 2.39. The van der Waals surface area contributed by atoms with E-state index in [1.807, 2.05) is 18.4 Å². The van der Waals surface area contributed by atoms with Gasteiger partial charge in [-0.2, -0.15) is 0 Å². The maximum absolute atomic E-state index is 5.28. The summed E-state index contributed by atoms with van der Waals surface area (Å²) in [6.45, 7) is 1.46. The second-order valence-corrected chi connectivity index (χ2v) is 6.38. The zero-order chi connectivity index (χ0) is 14.0. The van der Waals surface area contributed by atoms with Gasteiger partial charge in [0.15, 0.2) is 0 Å². The molecule has 1 fully saturated rings. The summed E-state index contributed by atoms with van der Waals surface area (Å²) in [5.41, 5.74) is 2.65. The van der Waals surface area contributed by atoms with Crippen molar-refractivity contribution in [3.8, 4) is 0 Å². The minimum Gasteiger partial charge on any atom is -0.378 e. The third-order valence-electron chi connectivity index (χ3n) is 3.88. The Bertz CT molecular complexity index is 552. The highest BCUT2D eigenvalue weighted by Crippen LogP contribution is 2.54. The van der Waals surface area contributed by atoms with Gasteiger partial charge in [0.25, 0.3) is 0 Å². The summed E-state index contributed by atoms with van der Waals surface area (Å²) in [6.07, 6.45) is 2.41. The van der Waals surface area contributed by atoms with Gasteiger partial charge in [0.05, 0.1) is 12.3 Å². The second kappa shape index (κ2) is 5.64. The van der Waals surface area contributed by atoms with Gasteiger partial charge in [-0.3, -0.25) is 0 Å². The number of hydrogen-bond acceptors (Lipinski definition) is 4. The molecule has 3 nitrogen and oxygen atoms in total. The molecule has 0 saturated heterocycles. The zero-order valence-electron chi connectivity index (χ0n) is 12.0. The SMILES string of the molecule is CNCc1sc(C2(c3ccccc3)CC2)nc1COC. The van der Waals surface area contributed by atoms with Crippen LogP contribution in [0.4, 0.5) is 0 Å². The Morgan fingerprint density at radius 2 is 2.05 bits per heavy atom. The molecule has 4 heteroatoms. The van der Waals surface area contributed by atoms with Gasteiger partial charge >= 0.3 is 0 Å². The summed E-state index contributed by atoms with van der Waals surface area (Å²) >= 11 is 1.83. The molecule has 1 aromatic carbocycles. The molecule has 3 rings (SSSR count). The highest BCUT2D eigenvalue weighted by molar-refractivity contribution is 7.12. The summed E-state index contributed by atoms with van der Waals surface area (Å²) in [4.78, 5) is 6.18. The number of aromatic nitrogens is 1. The number of hydrogen-bond donors (Lipinski definition) is 1. The first kappa shape index (κ1) is 13.7. The average molecular weight is 288 g/mol. The zero-order valence-corrected chi connectivity index (χ0v) is 12.8. The molecule has 2 aromatic rings. The van der Waals surface area contributed by atoms with Crippen LogP contribution in [-0.2, 0) is 23.3 Å². The molecule has 1 aliphatic carbocycles. The van der Waals surface area contributed by atoms with Gasteiger partial charge in [0.1, 0.15) is 5.01 Å². The standard InChI is InChI=1S/C16H20N2OS/c1-17-10-14-13(11-19-2)18-15(20-14)16(8-9-16)12-6-4-3-5-7-12/h3-7,17H,8-11H2,1-2H3. The van der Waals surface area contributed by atoms with Crippen LogP contribution in [-0.4, -0.2) is 19.1 Å². The summed E-state index contributed by atoms with van der Waals surface area (Å²) in [5, 5.41) is 4.47. The topological polar surface area (TPSA) is 34.2 Å². The number of rotatable bonds is 6. The molecule has 20 heavy (non-hydrogen) atoms. The molecular weight excluding hydrogens is 268 g/mol. The van der Waals surface area contributed by atoms with Crippen LogP contribution in [0.25, 0.3) is 0 Å². The molecule has 1 heterocycles. The van der Waals surface area contributed by atoms with Crippen molar-refractivity contribution in [2.45, 2.75) is 31.4 Å². The highest BCUT2D eigenvalue weighted by Gasteiger charge is 2.48. The van der Waals surface area contributed by atoms with Crippen molar-refractivity contribution in [1.82, 2.24) is 10.3 Å². The number of nitrogens with one attached hydrogen (secondary N) is 1. The van der Waals surface area contributed by atoms with E-state index in [2.05, 4.69) is 35.6 Å². The van der Waals surface area contributed by atoms with Crippen LogP contribution in [0.1, 0.15) is 34.0 Å². The number of benzene rings is 1. The number of thiazole rings is 1. The number of ether oxygens (including phenoxy) is 1. The average Bonchev–Trinajstić information content (AvgIpc) is 3.20. The lowest BCUT2D eigenvalue weighted by atomic mass is 9.97. The van der Waals surface area contributed by atoms with Crippen LogP contribution in [0.5, 0.6) is 0 Å². The van der Waals surface area contributed by atoms with E-state index < -0.39 is 0 Å². The van der Waals surface area contributed by atoms with Crippen molar-refractivity contribution in [2.75, 3.05) is 14.2 Å². The molecule has 0 spiro atoms. The highest BCUT2D eigenvalue weighted by atomic mass is 32.1. The van der Waals surface area contributed by atoms with Crippen molar-refractivity contribution >= 4 is 11.3 Å². The molecule has 0 atom stereocenters. The molecule has 0 bridgehead atoms. The van der Waals surface area contributed by atoms with E-state index in [9.17, 15) is 0 Å². The Kier molecular flexibility index (Phi) is 3.87. The largest absolute Gasteiger partial charge is 0.378 e. The van der Waals surface area contributed by atoms with E-state index in [0.717, 1.165) is 12.2 Å². The lowest BCUT2D eigenvalue weighted by Crippen LogP contribution is -2.08. The van der Waals surface area contributed by atoms with E-state index in [-0.39, 0.29) is 5.41 Å². The summed E-state index contributed by atoms with van der Waals surface area (Å²) in [6, 6.07) is 10.8. The maximum Gasteiger partial charge on any atom is 0.104 e. The predicted octanol–water partition coefficient (Wildman–Crippen LogP) is 3.09. The van der Waals surface area contributed by atoms with Crippen molar-refractivity contribution in [1.29, 1.82) is 0 Å². The fourth-order valence-electron chi connectivity index (χ4n) is 2.64. The van der Waals surface area contributed by atoms with Gasteiger partial charge in [-0.1, -0.05) is 30.3 Å². The van der Waals surface area contributed by atoms with E-state index in [0.29, 0.717) is 6.61 Å². The van der Waals surface area contributed by atoms with Gasteiger partial charge in [0.2, 0.25) is 0 Å². The molecule has 1 saturated carbocycles. The Hall–Kier alpha value is -1.23. The van der Waals surface area contributed by atoms with Gasteiger partial charge in [0, 0.05) is 23.9 Å². The predicted molar refractivity (Wildman–Crippen MR) is 82.0 cm³/mol. The van der Waals surface area contributed by atoms with Crippen LogP contribution >= 0.6 is 11.3 Å². The lowest BCUT2D eigenvalue weighted by Gasteiger charge is -2.12. The van der Waals surface area contributed by atoms with Gasteiger partial charge in [-0.25, -0.2) is 4.98 Å². The molecule has 0 amide bonds. The van der Waals surface area contributed by atoms with Crippen LogP contribution in [0.15, 0.2) is 30.3 Å². The van der Waals surface area contributed by atoms with Gasteiger partial charge < -0.3 is 10.1 Å². The van der Waals surface area contributed by atoms with E-state index in [4.69, 9.17) is 9.72 Å². The first-order valence-electron chi connectivity index (χ1n) is 6.98. The van der Waals surface area contributed by atoms with Crippen molar-refractivity contribution in [2.24, 2.45) is 0 Å². The van der Waals surface area contributed by atoms with Gasteiger partial charge in [-0.05, 0) is 25.5 Å². The quantitative estimate of drug-likeness (QED) is 0.887. The molecule has 0 radical (unpaired) electrons. The molecule has 1 aromatic heterocycles. The Balaban J connectivity index is 1.96. The van der Waals surface area contributed by atoms with E-state index >= 15 is 0 Å². The molecule has 0 unspecified atom stereocenters. The Morgan fingerprint density at radius 3 is 2.65 bits per heavy atom. The summed E-state index contributed by atoms with van der Waals surface area (Å²) < 4.78 is 5.28. The molecule has 0 aliphatic heterocycles. The molecule has 106 valence electrons. The van der Waals surface area contributed by atoms with Gasteiger partial charge in [-0.15, -0.1) is 11.3 Å². The minimum atomic E-state index is 0.167. The van der Waals surface area contributed by atoms with Crippen LogP contribution < -0.4 is 5.32 Å². The second-order valence-electron chi connectivity index (χ2n) is 5.30. The first-order chi connectivity index (χ1) is 9.80. The molecule has 1 N–H and O–H groups in total. The van der Waals surface area contributed by atoms with E-state index in [1.54, 1.807) is 7.11 Å².